The van der Waals surface area contributed by atoms with Crippen molar-refractivity contribution in [2.24, 2.45) is 5.73 Å². The summed E-state index contributed by atoms with van der Waals surface area (Å²) in [5.74, 6) is -0.729. The molecule has 0 aliphatic heterocycles. The van der Waals surface area contributed by atoms with Crippen LogP contribution >= 0.6 is 22.6 Å². The minimum absolute atomic E-state index is 0.208. The predicted octanol–water partition coefficient (Wildman–Crippen LogP) is 4.46. The molecule has 0 heterocycles. The lowest BCUT2D eigenvalue weighted by Crippen LogP contribution is -2.15. The largest absolute Gasteiger partial charge is 0.366 e. The molecule has 1 aliphatic carbocycles. The van der Waals surface area contributed by atoms with Gasteiger partial charge in [-0.1, -0.05) is 0 Å². The van der Waals surface area contributed by atoms with Gasteiger partial charge in [0.05, 0.1) is 11.3 Å². The Morgan fingerprint density at radius 3 is 2.64 bits per heavy atom. The van der Waals surface area contributed by atoms with E-state index in [1.807, 2.05) is 25.1 Å². The number of hydrogen-bond donors (Lipinski definition) is 2. The molecule has 1 saturated carbocycles. The van der Waals surface area contributed by atoms with Crippen LogP contribution < -0.4 is 11.1 Å². The minimum atomic E-state index is -0.618. The molecule has 0 bridgehead atoms. The van der Waals surface area contributed by atoms with Gasteiger partial charge in [-0.05, 0) is 89.7 Å². The summed E-state index contributed by atoms with van der Waals surface area (Å²) in [5.41, 5.74) is 9.09. The molecule has 1 fully saturated rings. The van der Waals surface area contributed by atoms with E-state index in [1.165, 1.54) is 12.1 Å². The van der Waals surface area contributed by atoms with E-state index in [9.17, 15) is 9.18 Å². The van der Waals surface area contributed by atoms with Gasteiger partial charge in [-0.25, -0.2) is 4.39 Å². The van der Waals surface area contributed by atoms with E-state index < -0.39 is 11.7 Å². The van der Waals surface area contributed by atoms with Gasteiger partial charge in [-0.3, -0.25) is 4.79 Å². The molecule has 3 nitrogen and oxygen atoms in total. The van der Waals surface area contributed by atoms with E-state index in [0.717, 1.165) is 33.2 Å². The fraction of sp³-hybridized carbons (Fsp3) is 0.235. The van der Waals surface area contributed by atoms with Gasteiger partial charge < -0.3 is 11.1 Å². The number of primary amides is 1. The highest BCUT2D eigenvalue weighted by atomic mass is 127. The summed E-state index contributed by atoms with van der Waals surface area (Å²) in [6.07, 6.45) is 2.03. The van der Waals surface area contributed by atoms with Crippen molar-refractivity contribution in [1.82, 2.24) is 0 Å². The predicted molar refractivity (Wildman–Crippen MR) is 94.1 cm³/mol. The van der Waals surface area contributed by atoms with Gasteiger partial charge in [0.15, 0.2) is 0 Å². The van der Waals surface area contributed by atoms with Crippen molar-refractivity contribution in [2.45, 2.75) is 25.7 Å². The van der Waals surface area contributed by atoms with Crippen molar-refractivity contribution in [3.63, 3.8) is 0 Å². The Morgan fingerprint density at radius 2 is 2.05 bits per heavy atom. The number of anilines is 2. The second-order valence-corrected chi connectivity index (χ2v) is 6.89. The highest BCUT2D eigenvalue weighted by Crippen LogP contribution is 2.45. The molecule has 2 aromatic carbocycles. The molecule has 1 amide bonds. The Bertz CT molecular complexity index is 757. The summed E-state index contributed by atoms with van der Waals surface area (Å²) in [4.78, 5) is 11.7. The zero-order valence-corrected chi connectivity index (χ0v) is 14.3. The maximum atomic E-state index is 13.8. The number of rotatable bonds is 4. The Kier molecular flexibility index (Phi) is 4.08. The fourth-order valence-corrected chi connectivity index (χ4v) is 3.23. The van der Waals surface area contributed by atoms with Crippen molar-refractivity contribution in [2.75, 3.05) is 5.32 Å². The van der Waals surface area contributed by atoms with Crippen LogP contribution in [-0.4, -0.2) is 5.91 Å². The van der Waals surface area contributed by atoms with Crippen molar-refractivity contribution >= 4 is 39.9 Å². The quantitative estimate of drug-likeness (QED) is 0.732. The van der Waals surface area contributed by atoms with Crippen LogP contribution in [0, 0.1) is 16.3 Å². The van der Waals surface area contributed by atoms with Crippen LogP contribution in [0.2, 0.25) is 0 Å². The van der Waals surface area contributed by atoms with Crippen molar-refractivity contribution in [3.8, 4) is 0 Å². The summed E-state index contributed by atoms with van der Waals surface area (Å²) in [5, 5.41) is 3.30. The summed E-state index contributed by atoms with van der Waals surface area (Å²) in [7, 11) is 0. The third kappa shape index (κ3) is 3.09. The first-order valence-corrected chi connectivity index (χ1v) is 8.20. The SMILES string of the molecule is Cc1cc(I)ccc1Nc1c(C(N)=O)cc(F)cc1C1CC1. The topological polar surface area (TPSA) is 55.1 Å². The van der Waals surface area contributed by atoms with Gasteiger partial charge in [0.1, 0.15) is 5.82 Å². The summed E-state index contributed by atoms with van der Waals surface area (Å²) < 4.78 is 14.9. The Labute approximate surface area is 142 Å². The highest BCUT2D eigenvalue weighted by molar-refractivity contribution is 14.1. The van der Waals surface area contributed by atoms with Crippen molar-refractivity contribution < 1.29 is 9.18 Å². The molecule has 0 spiro atoms. The normalized spacial score (nSPS) is 14.0. The van der Waals surface area contributed by atoms with E-state index in [0.29, 0.717) is 11.6 Å². The van der Waals surface area contributed by atoms with E-state index >= 15 is 0 Å². The number of carbonyl (C=O) groups excluding carboxylic acids is 1. The van der Waals surface area contributed by atoms with Crippen molar-refractivity contribution in [3.05, 3.63) is 56.4 Å². The monoisotopic (exact) mass is 410 g/mol. The first-order chi connectivity index (χ1) is 10.5. The molecular formula is C17H16FIN2O. The third-order valence-corrected chi connectivity index (χ3v) is 4.54. The molecule has 114 valence electrons. The molecule has 3 rings (SSSR count). The average Bonchev–Trinajstić information content (AvgIpc) is 3.27. The van der Waals surface area contributed by atoms with E-state index in [1.54, 1.807) is 0 Å². The number of aryl methyl sites for hydroxylation is 1. The zero-order chi connectivity index (χ0) is 15.9. The van der Waals surface area contributed by atoms with Gasteiger partial charge in [0.25, 0.3) is 5.91 Å². The van der Waals surface area contributed by atoms with Crippen LogP contribution in [0.25, 0.3) is 0 Å². The lowest BCUT2D eigenvalue weighted by molar-refractivity contribution is 0.100. The molecule has 2 aromatic rings. The number of hydrogen-bond acceptors (Lipinski definition) is 2. The minimum Gasteiger partial charge on any atom is -0.366 e. The lowest BCUT2D eigenvalue weighted by Gasteiger charge is -2.17. The maximum Gasteiger partial charge on any atom is 0.250 e. The van der Waals surface area contributed by atoms with Crippen LogP contribution in [0.15, 0.2) is 30.3 Å². The molecule has 0 unspecified atom stereocenters. The first-order valence-electron chi connectivity index (χ1n) is 7.12. The molecule has 0 aromatic heterocycles. The number of carbonyl (C=O) groups is 1. The van der Waals surface area contributed by atoms with Gasteiger partial charge in [-0.2, -0.15) is 0 Å². The Morgan fingerprint density at radius 1 is 1.32 bits per heavy atom. The summed E-state index contributed by atoms with van der Waals surface area (Å²) in [6.45, 7) is 1.99. The Balaban J connectivity index is 2.10. The molecule has 0 saturated heterocycles. The number of nitrogens with two attached hydrogens (primary N) is 1. The number of halogens is 2. The smallest absolute Gasteiger partial charge is 0.250 e. The molecule has 5 heteroatoms. The average molecular weight is 410 g/mol. The lowest BCUT2D eigenvalue weighted by atomic mass is 10.0. The molecular weight excluding hydrogens is 394 g/mol. The molecule has 0 radical (unpaired) electrons. The van der Waals surface area contributed by atoms with Gasteiger partial charge in [-0.15, -0.1) is 0 Å². The fourth-order valence-electron chi connectivity index (χ4n) is 2.58. The number of benzene rings is 2. The van der Waals surface area contributed by atoms with Gasteiger partial charge in [0, 0.05) is 9.26 Å². The van der Waals surface area contributed by atoms with Crippen LogP contribution in [0.5, 0.6) is 0 Å². The molecule has 0 atom stereocenters. The van der Waals surface area contributed by atoms with E-state index in [-0.39, 0.29) is 5.56 Å². The standard InChI is InChI=1S/C17H16FIN2O/c1-9-6-12(19)4-5-15(9)21-16-13(10-2-3-10)7-11(18)8-14(16)17(20)22/h4-8,10,21H,2-3H2,1H3,(H2,20,22). The molecule has 3 N–H and O–H groups in total. The third-order valence-electron chi connectivity index (χ3n) is 3.86. The van der Waals surface area contributed by atoms with Gasteiger partial charge >= 0.3 is 0 Å². The first kappa shape index (κ1) is 15.3. The molecule has 1 aliphatic rings. The van der Waals surface area contributed by atoms with Crippen LogP contribution in [0.3, 0.4) is 0 Å². The molecule has 22 heavy (non-hydrogen) atoms. The highest BCUT2D eigenvalue weighted by Gasteiger charge is 2.29. The van der Waals surface area contributed by atoms with Gasteiger partial charge in [0.2, 0.25) is 0 Å². The van der Waals surface area contributed by atoms with E-state index in [4.69, 9.17) is 5.73 Å². The second kappa shape index (κ2) is 5.87. The van der Waals surface area contributed by atoms with E-state index in [2.05, 4.69) is 27.9 Å². The summed E-state index contributed by atoms with van der Waals surface area (Å²) >= 11 is 2.25. The Hall–Kier alpha value is -1.63. The van der Waals surface area contributed by atoms with Crippen molar-refractivity contribution in [1.29, 1.82) is 0 Å². The van der Waals surface area contributed by atoms with Crippen LogP contribution in [-0.2, 0) is 0 Å². The van der Waals surface area contributed by atoms with Crippen LogP contribution in [0.1, 0.15) is 40.2 Å². The summed E-state index contributed by atoms with van der Waals surface area (Å²) in [6, 6.07) is 8.71. The zero-order valence-electron chi connectivity index (χ0n) is 12.1. The second-order valence-electron chi connectivity index (χ2n) is 5.64. The number of amides is 1. The van der Waals surface area contributed by atoms with Crippen LogP contribution in [0.4, 0.5) is 15.8 Å². The number of nitrogens with one attached hydrogen (secondary N) is 1. The maximum absolute atomic E-state index is 13.8.